The van der Waals surface area contributed by atoms with Crippen LogP contribution in [0.25, 0.3) is 0 Å². The zero-order chi connectivity index (χ0) is 13.9. The van der Waals surface area contributed by atoms with Gasteiger partial charge in [0, 0.05) is 21.7 Å². The molecule has 0 saturated carbocycles. The van der Waals surface area contributed by atoms with Crippen LogP contribution in [0.4, 0.5) is 0 Å². The fourth-order valence-electron chi connectivity index (χ4n) is 3.87. The Morgan fingerprint density at radius 3 is 2.65 bits per heavy atom. The predicted molar refractivity (Wildman–Crippen MR) is 92.9 cm³/mol. The van der Waals surface area contributed by atoms with Gasteiger partial charge in [-0.2, -0.15) is 0 Å². The molecular weight excluding hydrogens is 359 g/mol. The highest BCUT2D eigenvalue weighted by molar-refractivity contribution is 14.1. The van der Waals surface area contributed by atoms with Crippen LogP contribution in [0.5, 0.6) is 0 Å². The fourth-order valence-corrected chi connectivity index (χ4v) is 4.22. The van der Waals surface area contributed by atoms with E-state index in [0.29, 0.717) is 6.04 Å². The molecule has 3 unspecified atom stereocenters. The normalized spacial score (nSPS) is 29.5. The summed E-state index contributed by atoms with van der Waals surface area (Å²) in [7, 11) is 0. The summed E-state index contributed by atoms with van der Waals surface area (Å²) in [6, 6.07) is 11.1. The summed E-state index contributed by atoms with van der Waals surface area (Å²) >= 11 is 2.39. The number of hydrogen-bond donors (Lipinski definition) is 1. The highest BCUT2D eigenvalue weighted by Gasteiger charge is 2.34. The van der Waals surface area contributed by atoms with Crippen LogP contribution in [-0.4, -0.2) is 30.1 Å². The standard InChI is InChI=1S/C17H25IN2/c1-13(14-7-9-15(18)10-8-14)20-12-3-2-6-17(20)16-5-4-11-19-16/h7-10,13,16-17,19H,2-6,11-12H2,1H3. The Bertz CT molecular complexity index is 425. The minimum atomic E-state index is 0.541. The van der Waals surface area contributed by atoms with Crippen molar-refractivity contribution in [3.05, 3.63) is 33.4 Å². The summed E-state index contributed by atoms with van der Waals surface area (Å²) in [5, 5.41) is 3.73. The van der Waals surface area contributed by atoms with Crippen LogP contribution in [0.1, 0.15) is 50.6 Å². The van der Waals surface area contributed by atoms with Gasteiger partial charge in [0.2, 0.25) is 0 Å². The maximum Gasteiger partial charge on any atom is 0.0323 e. The second-order valence-electron chi connectivity index (χ2n) is 6.23. The maximum atomic E-state index is 3.73. The zero-order valence-electron chi connectivity index (χ0n) is 12.3. The quantitative estimate of drug-likeness (QED) is 0.794. The average molecular weight is 384 g/mol. The van der Waals surface area contributed by atoms with Crippen LogP contribution < -0.4 is 5.32 Å². The molecule has 20 heavy (non-hydrogen) atoms. The lowest BCUT2D eigenvalue weighted by molar-refractivity contribution is 0.0803. The van der Waals surface area contributed by atoms with Crippen molar-refractivity contribution < 1.29 is 0 Å². The fraction of sp³-hybridized carbons (Fsp3) is 0.647. The summed E-state index contributed by atoms with van der Waals surface area (Å²) in [6.07, 6.45) is 6.84. The Morgan fingerprint density at radius 2 is 1.95 bits per heavy atom. The van der Waals surface area contributed by atoms with Gasteiger partial charge in [-0.15, -0.1) is 0 Å². The first-order valence-corrected chi connectivity index (χ1v) is 9.08. The van der Waals surface area contributed by atoms with Gasteiger partial charge < -0.3 is 5.32 Å². The largest absolute Gasteiger partial charge is 0.312 e. The summed E-state index contributed by atoms with van der Waals surface area (Å²) in [5.74, 6) is 0. The van der Waals surface area contributed by atoms with Crippen LogP contribution in [0.15, 0.2) is 24.3 Å². The highest BCUT2D eigenvalue weighted by Crippen LogP contribution is 2.32. The van der Waals surface area contributed by atoms with E-state index in [2.05, 4.69) is 64.0 Å². The van der Waals surface area contributed by atoms with Gasteiger partial charge >= 0.3 is 0 Å². The van der Waals surface area contributed by atoms with E-state index in [1.807, 2.05) is 0 Å². The highest BCUT2D eigenvalue weighted by atomic mass is 127. The second-order valence-corrected chi connectivity index (χ2v) is 7.48. The van der Waals surface area contributed by atoms with Crippen LogP contribution in [-0.2, 0) is 0 Å². The number of benzene rings is 1. The van der Waals surface area contributed by atoms with Crippen LogP contribution in [0.2, 0.25) is 0 Å². The maximum absolute atomic E-state index is 3.73. The first-order chi connectivity index (χ1) is 9.75. The van der Waals surface area contributed by atoms with E-state index in [4.69, 9.17) is 0 Å². The van der Waals surface area contributed by atoms with Gasteiger partial charge in [-0.3, -0.25) is 4.90 Å². The molecule has 3 rings (SSSR count). The van der Waals surface area contributed by atoms with Crippen molar-refractivity contribution in [3.8, 4) is 0 Å². The van der Waals surface area contributed by atoms with Crippen LogP contribution in [0, 0.1) is 3.57 Å². The van der Waals surface area contributed by atoms with Crippen molar-refractivity contribution in [1.82, 2.24) is 10.2 Å². The summed E-state index contributed by atoms with van der Waals surface area (Å²) in [5.41, 5.74) is 1.47. The molecule has 2 fully saturated rings. The molecule has 0 amide bonds. The summed E-state index contributed by atoms with van der Waals surface area (Å²) in [6.45, 7) is 4.86. The Labute approximate surface area is 136 Å². The smallest absolute Gasteiger partial charge is 0.0323 e. The third-order valence-electron chi connectivity index (χ3n) is 5.00. The molecule has 3 atom stereocenters. The molecule has 0 aromatic heterocycles. The van der Waals surface area contributed by atoms with Crippen molar-refractivity contribution in [1.29, 1.82) is 0 Å². The van der Waals surface area contributed by atoms with Gasteiger partial charge in [0.1, 0.15) is 0 Å². The minimum Gasteiger partial charge on any atom is -0.312 e. The number of hydrogen-bond acceptors (Lipinski definition) is 2. The molecule has 3 heteroatoms. The average Bonchev–Trinajstić information content (AvgIpc) is 3.01. The molecule has 0 spiro atoms. The monoisotopic (exact) mass is 384 g/mol. The topological polar surface area (TPSA) is 15.3 Å². The number of nitrogens with one attached hydrogen (secondary N) is 1. The van der Waals surface area contributed by atoms with E-state index in [-0.39, 0.29) is 0 Å². The lowest BCUT2D eigenvalue weighted by atomic mass is 9.91. The molecule has 2 aliphatic heterocycles. The number of halogens is 1. The predicted octanol–water partition coefficient (Wildman–Crippen LogP) is 3.96. The third kappa shape index (κ3) is 3.20. The molecule has 1 aromatic carbocycles. The second kappa shape index (κ2) is 6.75. The molecule has 0 bridgehead atoms. The zero-order valence-corrected chi connectivity index (χ0v) is 14.5. The van der Waals surface area contributed by atoms with Crippen molar-refractivity contribution in [3.63, 3.8) is 0 Å². The van der Waals surface area contributed by atoms with Gasteiger partial charge in [0.15, 0.2) is 0 Å². The SMILES string of the molecule is CC(c1ccc(I)cc1)N1CCCCC1C1CCCN1. The lowest BCUT2D eigenvalue weighted by Crippen LogP contribution is -2.50. The molecule has 0 aliphatic carbocycles. The first kappa shape index (κ1) is 14.8. The molecule has 110 valence electrons. The number of rotatable bonds is 3. The van der Waals surface area contributed by atoms with Crippen molar-refractivity contribution >= 4 is 22.6 Å². The van der Waals surface area contributed by atoms with E-state index in [1.165, 1.54) is 54.3 Å². The molecule has 2 aliphatic rings. The van der Waals surface area contributed by atoms with Crippen LogP contribution in [0.3, 0.4) is 0 Å². The summed E-state index contributed by atoms with van der Waals surface area (Å²) in [4.78, 5) is 2.76. The minimum absolute atomic E-state index is 0.541. The van der Waals surface area contributed by atoms with E-state index in [1.54, 1.807) is 0 Å². The molecule has 1 aromatic rings. The lowest BCUT2D eigenvalue weighted by Gasteiger charge is -2.43. The Balaban J connectivity index is 1.76. The molecule has 0 radical (unpaired) electrons. The number of piperidine rings is 1. The van der Waals surface area contributed by atoms with E-state index in [0.717, 1.165) is 12.1 Å². The van der Waals surface area contributed by atoms with Gasteiger partial charge in [-0.25, -0.2) is 0 Å². The van der Waals surface area contributed by atoms with Gasteiger partial charge in [0.05, 0.1) is 0 Å². The third-order valence-corrected chi connectivity index (χ3v) is 5.72. The molecule has 1 N–H and O–H groups in total. The Kier molecular flexibility index (Phi) is 5.00. The van der Waals surface area contributed by atoms with Crippen molar-refractivity contribution in [2.75, 3.05) is 13.1 Å². The van der Waals surface area contributed by atoms with Crippen LogP contribution >= 0.6 is 22.6 Å². The Morgan fingerprint density at radius 1 is 1.15 bits per heavy atom. The van der Waals surface area contributed by atoms with Gasteiger partial charge in [-0.1, -0.05) is 18.6 Å². The van der Waals surface area contributed by atoms with Crippen molar-refractivity contribution in [2.24, 2.45) is 0 Å². The van der Waals surface area contributed by atoms with Gasteiger partial charge in [-0.05, 0) is 86.0 Å². The molecular formula is C17H25IN2. The van der Waals surface area contributed by atoms with Gasteiger partial charge in [0.25, 0.3) is 0 Å². The Hall–Kier alpha value is -0.130. The first-order valence-electron chi connectivity index (χ1n) is 8.00. The molecule has 2 saturated heterocycles. The number of likely N-dealkylation sites (tertiary alicyclic amines) is 1. The van der Waals surface area contributed by atoms with E-state index >= 15 is 0 Å². The van der Waals surface area contributed by atoms with Crippen molar-refractivity contribution in [2.45, 2.75) is 57.2 Å². The summed E-state index contributed by atoms with van der Waals surface area (Å²) < 4.78 is 1.33. The van der Waals surface area contributed by atoms with E-state index < -0.39 is 0 Å². The molecule has 2 nitrogen and oxygen atoms in total. The van der Waals surface area contributed by atoms with E-state index in [9.17, 15) is 0 Å². The number of nitrogens with zero attached hydrogens (tertiary/aromatic N) is 1. The molecule has 2 heterocycles.